The highest BCUT2D eigenvalue weighted by Gasteiger charge is 2.33. The molecule has 0 fully saturated rings. The minimum Gasteiger partial charge on any atom is -0.207 e. The number of benzene rings is 1. The van der Waals surface area contributed by atoms with Crippen molar-refractivity contribution in [3.05, 3.63) is 29.8 Å². The second kappa shape index (κ2) is 5.81. The van der Waals surface area contributed by atoms with E-state index in [1.807, 2.05) is 27.7 Å². The molecule has 5 heteroatoms. The van der Waals surface area contributed by atoms with Crippen LogP contribution in [0.3, 0.4) is 0 Å². The summed E-state index contributed by atoms with van der Waals surface area (Å²) in [6.07, 6.45) is 0. The highest BCUT2D eigenvalue weighted by Crippen LogP contribution is 2.29. The predicted molar refractivity (Wildman–Crippen MR) is 79.9 cm³/mol. The van der Waals surface area contributed by atoms with Crippen LogP contribution >= 0.6 is 11.6 Å². The van der Waals surface area contributed by atoms with Crippen LogP contribution in [-0.2, 0) is 15.9 Å². The first-order chi connectivity index (χ1) is 8.62. The van der Waals surface area contributed by atoms with Crippen molar-refractivity contribution in [1.29, 1.82) is 0 Å². The molecule has 0 radical (unpaired) electrons. The first-order valence-corrected chi connectivity index (χ1v) is 8.21. The maximum atomic E-state index is 12.7. The van der Waals surface area contributed by atoms with E-state index in [9.17, 15) is 8.42 Å². The monoisotopic (exact) mass is 303 g/mol. The normalized spacial score (nSPS) is 14.7. The van der Waals surface area contributed by atoms with E-state index in [-0.39, 0.29) is 17.3 Å². The Kier molecular flexibility index (Phi) is 5.04. The Balaban J connectivity index is 3.25. The Bertz CT molecular complexity index is 535. The SMILES string of the molecule is CC(N(C)S(=O)(=O)c1ccccc1CCl)C(C)(C)C. The van der Waals surface area contributed by atoms with Crippen molar-refractivity contribution in [2.24, 2.45) is 5.41 Å². The summed E-state index contributed by atoms with van der Waals surface area (Å²) in [5, 5.41) is 0. The standard InChI is InChI=1S/C14H22ClNO2S/c1-11(14(2,3)4)16(5)19(17,18)13-9-7-6-8-12(13)10-15/h6-9,11H,10H2,1-5H3. The van der Waals surface area contributed by atoms with E-state index < -0.39 is 10.0 Å². The van der Waals surface area contributed by atoms with Crippen molar-refractivity contribution < 1.29 is 8.42 Å². The molecule has 0 amide bonds. The minimum atomic E-state index is -3.52. The molecule has 1 atom stereocenters. The highest BCUT2D eigenvalue weighted by molar-refractivity contribution is 7.89. The molecule has 0 saturated heterocycles. The lowest BCUT2D eigenvalue weighted by atomic mass is 9.88. The quantitative estimate of drug-likeness (QED) is 0.799. The molecular weight excluding hydrogens is 282 g/mol. The van der Waals surface area contributed by atoms with Gasteiger partial charge in [0.2, 0.25) is 10.0 Å². The third-order valence-electron chi connectivity index (χ3n) is 3.57. The number of nitrogens with zero attached hydrogens (tertiary/aromatic N) is 1. The van der Waals surface area contributed by atoms with Gasteiger partial charge in [0.15, 0.2) is 0 Å². The summed E-state index contributed by atoms with van der Waals surface area (Å²) in [5.74, 6) is 0.188. The van der Waals surface area contributed by atoms with Gasteiger partial charge in [0.1, 0.15) is 0 Å². The number of halogens is 1. The van der Waals surface area contributed by atoms with Crippen molar-refractivity contribution in [2.45, 2.75) is 44.5 Å². The Labute approximate surface area is 121 Å². The largest absolute Gasteiger partial charge is 0.243 e. The van der Waals surface area contributed by atoms with E-state index in [4.69, 9.17) is 11.6 Å². The molecule has 0 aliphatic heterocycles. The maximum absolute atomic E-state index is 12.7. The Morgan fingerprint density at radius 2 is 1.79 bits per heavy atom. The van der Waals surface area contributed by atoms with Crippen molar-refractivity contribution in [3.8, 4) is 0 Å². The summed E-state index contributed by atoms with van der Waals surface area (Å²) < 4.78 is 26.8. The van der Waals surface area contributed by atoms with Gasteiger partial charge in [-0.1, -0.05) is 39.0 Å². The Hall–Kier alpha value is -0.580. The molecule has 108 valence electrons. The van der Waals surface area contributed by atoms with Gasteiger partial charge in [-0.15, -0.1) is 11.6 Å². The zero-order valence-corrected chi connectivity index (χ0v) is 13.7. The van der Waals surface area contributed by atoms with Gasteiger partial charge >= 0.3 is 0 Å². The number of hydrogen-bond donors (Lipinski definition) is 0. The number of sulfonamides is 1. The topological polar surface area (TPSA) is 37.4 Å². The van der Waals surface area contributed by atoms with E-state index in [0.29, 0.717) is 10.5 Å². The molecule has 1 aromatic carbocycles. The van der Waals surface area contributed by atoms with E-state index in [0.717, 1.165) is 0 Å². The second-order valence-electron chi connectivity index (χ2n) is 5.80. The van der Waals surface area contributed by atoms with Gasteiger partial charge in [-0.25, -0.2) is 8.42 Å². The van der Waals surface area contributed by atoms with Crippen molar-refractivity contribution in [3.63, 3.8) is 0 Å². The lowest BCUT2D eigenvalue weighted by Gasteiger charge is -2.34. The summed E-state index contributed by atoms with van der Waals surface area (Å²) in [6, 6.07) is 6.76. The molecule has 0 aliphatic rings. The van der Waals surface area contributed by atoms with Crippen LogP contribution in [0.4, 0.5) is 0 Å². The number of rotatable bonds is 4. The molecule has 3 nitrogen and oxygen atoms in total. The zero-order valence-electron chi connectivity index (χ0n) is 12.1. The molecule has 0 spiro atoms. The summed E-state index contributed by atoms with van der Waals surface area (Å²) in [4.78, 5) is 0.295. The summed E-state index contributed by atoms with van der Waals surface area (Å²) >= 11 is 5.83. The van der Waals surface area contributed by atoms with Gasteiger partial charge in [0.25, 0.3) is 0 Å². The second-order valence-corrected chi connectivity index (χ2v) is 8.04. The average molecular weight is 304 g/mol. The maximum Gasteiger partial charge on any atom is 0.243 e. The molecule has 0 saturated carbocycles. The van der Waals surface area contributed by atoms with Crippen molar-refractivity contribution >= 4 is 21.6 Å². The molecule has 0 aliphatic carbocycles. The fraction of sp³-hybridized carbons (Fsp3) is 0.571. The fourth-order valence-electron chi connectivity index (χ4n) is 1.77. The Morgan fingerprint density at radius 3 is 2.26 bits per heavy atom. The number of alkyl halides is 1. The van der Waals surface area contributed by atoms with Crippen LogP contribution in [0.1, 0.15) is 33.3 Å². The zero-order chi connectivity index (χ0) is 14.8. The third kappa shape index (κ3) is 3.50. The molecule has 19 heavy (non-hydrogen) atoms. The van der Waals surface area contributed by atoms with Crippen molar-refractivity contribution in [1.82, 2.24) is 4.31 Å². The molecule has 0 aromatic heterocycles. The predicted octanol–water partition coefficient (Wildman–Crippen LogP) is 3.48. The summed E-state index contributed by atoms with van der Waals surface area (Å²) in [5.41, 5.74) is 0.509. The molecule has 0 heterocycles. The van der Waals surface area contributed by atoms with E-state index in [2.05, 4.69) is 0 Å². The van der Waals surface area contributed by atoms with Crippen LogP contribution in [0, 0.1) is 5.41 Å². The van der Waals surface area contributed by atoms with Crippen molar-refractivity contribution in [2.75, 3.05) is 7.05 Å². The van der Waals surface area contributed by atoms with Crippen LogP contribution < -0.4 is 0 Å². The smallest absolute Gasteiger partial charge is 0.207 e. The molecular formula is C14H22ClNO2S. The van der Waals surface area contributed by atoms with Crippen LogP contribution in [0.25, 0.3) is 0 Å². The van der Waals surface area contributed by atoms with Gasteiger partial charge < -0.3 is 0 Å². The van der Waals surface area contributed by atoms with Gasteiger partial charge in [-0.3, -0.25) is 0 Å². The van der Waals surface area contributed by atoms with E-state index in [1.54, 1.807) is 31.3 Å². The summed E-state index contributed by atoms with van der Waals surface area (Å²) in [6.45, 7) is 7.99. The van der Waals surface area contributed by atoms with E-state index >= 15 is 0 Å². The molecule has 1 rings (SSSR count). The van der Waals surface area contributed by atoms with E-state index in [1.165, 1.54) is 4.31 Å². The first-order valence-electron chi connectivity index (χ1n) is 6.24. The van der Waals surface area contributed by atoms with Gasteiger partial charge in [0.05, 0.1) is 4.90 Å². The highest BCUT2D eigenvalue weighted by atomic mass is 35.5. The van der Waals surface area contributed by atoms with Crippen LogP contribution in [0.5, 0.6) is 0 Å². The lowest BCUT2D eigenvalue weighted by molar-refractivity contribution is 0.216. The minimum absolute atomic E-state index is 0.110. The fourth-order valence-corrected chi connectivity index (χ4v) is 3.85. The molecule has 1 unspecified atom stereocenters. The van der Waals surface area contributed by atoms with Gasteiger partial charge in [-0.2, -0.15) is 4.31 Å². The number of hydrogen-bond acceptors (Lipinski definition) is 2. The van der Waals surface area contributed by atoms with Crippen LogP contribution in [0.15, 0.2) is 29.2 Å². The van der Waals surface area contributed by atoms with Crippen LogP contribution in [-0.4, -0.2) is 25.8 Å². The van der Waals surface area contributed by atoms with Crippen LogP contribution in [0.2, 0.25) is 0 Å². The Morgan fingerprint density at radius 1 is 1.26 bits per heavy atom. The van der Waals surface area contributed by atoms with Gasteiger partial charge in [0, 0.05) is 19.0 Å². The molecule has 0 bridgehead atoms. The van der Waals surface area contributed by atoms with Gasteiger partial charge in [-0.05, 0) is 24.0 Å². The molecule has 1 aromatic rings. The summed E-state index contributed by atoms with van der Waals surface area (Å²) in [7, 11) is -1.89. The lowest BCUT2D eigenvalue weighted by Crippen LogP contribution is -2.43. The third-order valence-corrected chi connectivity index (χ3v) is 5.89. The first kappa shape index (κ1) is 16.5. The average Bonchev–Trinajstić information content (AvgIpc) is 2.35. The molecule has 0 N–H and O–H groups in total.